The molecule has 1 aliphatic rings. The Morgan fingerprint density at radius 2 is 1.79 bits per heavy atom. The predicted octanol–water partition coefficient (Wildman–Crippen LogP) is 5.61. The number of rotatable bonds is 7. The van der Waals surface area contributed by atoms with E-state index in [-0.39, 0.29) is 17.7 Å². The van der Waals surface area contributed by atoms with Crippen molar-refractivity contribution in [3.63, 3.8) is 0 Å². The molecule has 0 saturated heterocycles. The van der Waals surface area contributed by atoms with E-state index in [1.165, 1.54) is 17.7 Å². The summed E-state index contributed by atoms with van der Waals surface area (Å²) >= 11 is 0. The largest absolute Gasteiger partial charge is 0.334 e. The molecule has 0 unspecified atom stereocenters. The van der Waals surface area contributed by atoms with Crippen molar-refractivity contribution in [3.8, 4) is 11.3 Å². The third kappa shape index (κ3) is 5.95. The smallest absolute Gasteiger partial charge is 0.247 e. The molecule has 0 bridgehead atoms. The summed E-state index contributed by atoms with van der Waals surface area (Å²) in [7, 11) is 0. The van der Waals surface area contributed by atoms with Crippen LogP contribution in [0.2, 0.25) is 0 Å². The number of carbonyl (C=O) groups is 2. The van der Waals surface area contributed by atoms with Crippen molar-refractivity contribution in [2.24, 2.45) is 0 Å². The van der Waals surface area contributed by atoms with Crippen molar-refractivity contribution >= 4 is 23.3 Å². The first-order valence-corrected chi connectivity index (χ1v) is 13.1. The van der Waals surface area contributed by atoms with Crippen molar-refractivity contribution in [2.45, 2.75) is 46.7 Å². The van der Waals surface area contributed by atoms with Gasteiger partial charge in [-0.3, -0.25) is 14.3 Å². The number of fused-ring (bicyclic) bond motifs is 1. The van der Waals surface area contributed by atoms with Crippen LogP contribution in [-0.2, 0) is 17.8 Å². The molecule has 0 saturated carbocycles. The number of hydrogen-bond acceptors (Lipinski definition) is 6. The number of aromatic nitrogens is 4. The van der Waals surface area contributed by atoms with Crippen LogP contribution in [0.25, 0.3) is 11.3 Å². The van der Waals surface area contributed by atoms with Crippen molar-refractivity contribution in [3.05, 3.63) is 101 Å². The maximum Gasteiger partial charge on any atom is 0.247 e. The SMILES string of the molecule is Cc1ccc(C(=O)/C=C/C(=O)N2CCc3ccc(Nc4ncc(C)c(-c5cnn(C(C)C)c5)n4)cc3C2)cc1. The molecule has 2 aromatic heterocycles. The Labute approximate surface area is 228 Å². The average Bonchev–Trinajstić information content (AvgIpc) is 3.43. The van der Waals surface area contributed by atoms with Crippen LogP contribution in [0.15, 0.2) is 73.2 Å². The van der Waals surface area contributed by atoms with Crippen LogP contribution in [0.4, 0.5) is 11.6 Å². The van der Waals surface area contributed by atoms with Crippen molar-refractivity contribution in [1.29, 1.82) is 0 Å². The monoisotopic (exact) mass is 520 g/mol. The highest BCUT2D eigenvalue weighted by molar-refractivity contribution is 6.07. The zero-order chi connectivity index (χ0) is 27.5. The minimum Gasteiger partial charge on any atom is -0.334 e. The summed E-state index contributed by atoms with van der Waals surface area (Å²) in [6, 6.07) is 13.7. The van der Waals surface area contributed by atoms with Gasteiger partial charge in [-0.05, 0) is 69.0 Å². The molecule has 4 aromatic rings. The third-order valence-electron chi connectivity index (χ3n) is 6.88. The van der Waals surface area contributed by atoms with E-state index in [4.69, 9.17) is 4.98 Å². The van der Waals surface area contributed by atoms with Gasteiger partial charge in [-0.15, -0.1) is 0 Å². The number of ketones is 1. The first-order valence-electron chi connectivity index (χ1n) is 13.1. The van der Waals surface area contributed by atoms with Crippen molar-refractivity contribution in [1.82, 2.24) is 24.6 Å². The van der Waals surface area contributed by atoms with Crippen LogP contribution in [0, 0.1) is 13.8 Å². The number of anilines is 2. The summed E-state index contributed by atoms with van der Waals surface area (Å²) < 4.78 is 1.91. The van der Waals surface area contributed by atoms with E-state index in [2.05, 4.69) is 35.3 Å². The zero-order valence-electron chi connectivity index (χ0n) is 22.7. The fraction of sp³-hybridized carbons (Fsp3) is 0.258. The molecule has 0 radical (unpaired) electrons. The second-order valence-electron chi connectivity index (χ2n) is 10.2. The molecular formula is C31H32N6O2. The molecule has 3 heterocycles. The lowest BCUT2D eigenvalue weighted by atomic mass is 9.99. The highest BCUT2D eigenvalue weighted by Crippen LogP contribution is 2.26. The van der Waals surface area contributed by atoms with Crippen molar-refractivity contribution < 1.29 is 9.59 Å². The molecule has 198 valence electrons. The van der Waals surface area contributed by atoms with Gasteiger partial charge in [0.2, 0.25) is 11.9 Å². The van der Waals surface area contributed by atoms with Gasteiger partial charge in [-0.2, -0.15) is 5.10 Å². The van der Waals surface area contributed by atoms with E-state index >= 15 is 0 Å². The standard InChI is InChI=1S/C31H32N6O2/c1-20(2)37-19-26(17-33-37)30-22(4)16-32-31(35-30)34-27-10-9-23-13-14-36(18-25(23)15-27)29(39)12-11-28(38)24-7-5-21(3)6-8-24/h5-12,15-17,19-20H,13-14,18H2,1-4H3,(H,32,34,35)/b12-11+. The summed E-state index contributed by atoms with van der Waals surface area (Å²) in [5.41, 5.74) is 7.51. The summed E-state index contributed by atoms with van der Waals surface area (Å²) in [5.74, 6) is 0.142. The number of carbonyl (C=O) groups excluding carboxylic acids is 2. The average molecular weight is 521 g/mol. The van der Waals surface area contributed by atoms with E-state index in [0.29, 0.717) is 24.6 Å². The number of benzene rings is 2. The molecule has 1 aliphatic heterocycles. The number of nitrogens with one attached hydrogen (secondary N) is 1. The van der Waals surface area contributed by atoms with Crippen LogP contribution in [0.1, 0.15) is 52.5 Å². The van der Waals surface area contributed by atoms with E-state index in [1.807, 2.05) is 55.2 Å². The Morgan fingerprint density at radius 1 is 1.00 bits per heavy atom. The Bertz CT molecular complexity index is 1550. The van der Waals surface area contributed by atoms with Gasteiger partial charge in [0.1, 0.15) is 0 Å². The topological polar surface area (TPSA) is 93.0 Å². The lowest BCUT2D eigenvalue weighted by molar-refractivity contribution is -0.126. The number of allylic oxidation sites excluding steroid dienone is 1. The van der Waals surface area contributed by atoms with Gasteiger partial charge < -0.3 is 10.2 Å². The lowest BCUT2D eigenvalue weighted by Gasteiger charge is -2.28. The Morgan fingerprint density at radius 3 is 2.54 bits per heavy atom. The van der Waals surface area contributed by atoms with Gasteiger partial charge in [0.05, 0.1) is 11.9 Å². The summed E-state index contributed by atoms with van der Waals surface area (Å²) in [5, 5.41) is 7.75. The van der Waals surface area contributed by atoms with Gasteiger partial charge in [0.15, 0.2) is 5.78 Å². The highest BCUT2D eigenvalue weighted by atomic mass is 16.2. The van der Waals surface area contributed by atoms with E-state index in [0.717, 1.165) is 40.1 Å². The van der Waals surface area contributed by atoms with Crippen LogP contribution in [-0.4, -0.2) is 42.9 Å². The quantitative estimate of drug-likeness (QED) is 0.252. The normalized spacial score (nSPS) is 13.1. The minimum atomic E-state index is -0.179. The number of nitrogens with zero attached hydrogens (tertiary/aromatic N) is 5. The maximum absolute atomic E-state index is 12.9. The molecule has 1 amide bonds. The van der Waals surface area contributed by atoms with Gasteiger partial charge >= 0.3 is 0 Å². The molecule has 8 heteroatoms. The van der Waals surface area contributed by atoms with Crippen molar-refractivity contribution in [2.75, 3.05) is 11.9 Å². The summed E-state index contributed by atoms with van der Waals surface area (Å²) in [6.45, 7) is 9.21. The second kappa shape index (κ2) is 11.0. The number of amides is 1. The number of hydrogen-bond donors (Lipinski definition) is 1. The highest BCUT2D eigenvalue weighted by Gasteiger charge is 2.20. The first-order chi connectivity index (χ1) is 18.8. The van der Waals surface area contributed by atoms with Gasteiger partial charge in [-0.25, -0.2) is 9.97 Å². The van der Waals surface area contributed by atoms with E-state index in [1.54, 1.807) is 23.2 Å². The van der Waals surface area contributed by atoms with Crippen LogP contribution >= 0.6 is 0 Å². The first kappa shape index (κ1) is 26.0. The van der Waals surface area contributed by atoms with Crippen LogP contribution < -0.4 is 5.32 Å². The molecule has 0 fully saturated rings. The molecule has 0 spiro atoms. The Hall–Kier alpha value is -4.59. The molecular weight excluding hydrogens is 488 g/mol. The van der Waals surface area contributed by atoms with Gasteiger partial charge in [0.25, 0.3) is 0 Å². The molecule has 8 nitrogen and oxygen atoms in total. The van der Waals surface area contributed by atoms with Gasteiger partial charge in [0, 0.05) is 54.4 Å². The number of aryl methyl sites for hydroxylation is 2. The fourth-order valence-electron chi connectivity index (χ4n) is 4.56. The van der Waals surface area contributed by atoms with Gasteiger partial charge in [-0.1, -0.05) is 35.9 Å². The van der Waals surface area contributed by atoms with E-state index < -0.39 is 0 Å². The third-order valence-corrected chi connectivity index (χ3v) is 6.88. The molecule has 2 aromatic carbocycles. The summed E-state index contributed by atoms with van der Waals surface area (Å²) in [6.07, 6.45) is 9.12. The Balaban J connectivity index is 1.28. The Kier molecular flexibility index (Phi) is 7.36. The summed E-state index contributed by atoms with van der Waals surface area (Å²) in [4.78, 5) is 36.3. The molecule has 39 heavy (non-hydrogen) atoms. The molecule has 1 N–H and O–H groups in total. The maximum atomic E-state index is 12.9. The molecule has 0 atom stereocenters. The zero-order valence-corrected chi connectivity index (χ0v) is 22.7. The van der Waals surface area contributed by atoms with Crippen LogP contribution in [0.3, 0.4) is 0 Å². The lowest BCUT2D eigenvalue weighted by Crippen LogP contribution is -2.34. The molecule has 0 aliphatic carbocycles. The van der Waals surface area contributed by atoms with Crippen LogP contribution in [0.5, 0.6) is 0 Å². The molecule has 5 rings (SSSR count). The second-order valence-corrected chi connectivity index (χ2v) is 10.2. The minimum absolute atomic E-state index is 0.173. The predicted molar refractivity (Wildman–Crippen MR) is 152 cm³/mol. The van der Waals surface area contributed by atoms with E-state index in [9.17, 15) is 9.59 Å². The fourth-order valence-corrected chi connectivity index (χ4v) is 4.56.